The molecule has 0 aliphatic carbocycles. The monoisotopic (exact) mass is 429 g/mol. The molecule has 0 bridgehead atoms. The van der Waals surface area contributed by atoms with E-state index in [1.54, 1.807) is 42.5 Å². The Morgan fingerprint density at radius 2 is 1.59 bits per heavy atom. The van der Waals surface area contributed by atoms with Crippen molar-refractivity contribution in [3.8, 4) is 11.5 Å². The molecule has 0 aromatic heterocycles. The van der Waals surface area contributed by atoms with Gasteiger partial charge in [0.05, 0.1) is 24.4 Å². The highest BCUT2D eigenvalue weighted by atomic mass is 16.5. The molecule has 0 saturated heterocycles. The second kappa shape index (κ2) is 8.98. The molecule has 6 nitrogen and oxygen atoms in total. The van der Waals surface area contributed by atoms with E-state index in [0.29, 0.717) is 17.7 Å². The molecule has 4 rings (SSSR count). The summed E-state index contributed by atoms with van der Waals surface area (Å²) in [5, 5.41) is 21.2. The first-order valence-electron chi connectivity index (χ1n) is 10.3. The first kappa shape index (κ1) is 21.2. The van der Waals surface area contributed by atoms with Crippen LogP contribution in [0.1, 0.15) is 23.6 Å². The van der Waals surface area contributed by atoms with E-state index >= 15 is 0 Å². The number of hydrogen-bond donors (Lipinski definition) is 2. The maximum atomic E-state index is 13.3. The molecule has 1 aliphatic heterocycles. The Morgan fingerprint density at radius 3 is 2.31 bits per heavy atom. The van der Waals surface area contributed by atoms with E-state index in [-0.39, 0.29) is 29.2 Å². The highest BCUT2D eigenvalue weighted by Crippen LogP contribution is 2.46. The van der Waals surface area contributed by atoms with Crippen LogP contribution in [0.5, 0.6) is 11.5 Å². The Morgan fingerprint density at radius 1 is 0.938 bits per heavy atom. The minimum Gasteiger partial charge on any atom is -0.506 e. The number of ketones is 1. The van der Waals surface area contributed by atoms with Crippen LogP contribution in [0.4, 0.5) is 5.69 Å². The highest BCUT2D eigenvalue weighted by molar-refractivity contribution is 6.17. The summed E-state index contributed by atoms with van der Waals surface area (Å²) >= 11 is 0. The van der Waals surface area contributed by atoms with E-state index in [4.69, 9.17) is 4.74 Å². The number of aromatic hydroxyl groups is 1. The van der Waals surface area contributed by atoms with Gasteiger partial charge in [-0.1, -0.05) is 60.7 Å². The molecular weight excluding hydrogens is 406 g/mol. The molecule has 32 heavy (non-hydrogen) atoms. The van der Waals surface area contributed by atoms with E-state index in [1.165, 1.54) is 18.1 Å². The Hall–Kier alpha value is -4.06. The lowest BCUT2D eigenvalue weighted by Gasteiger charge is -2.28. The van der Waals surface area contributed by atoms with E-state index in [0.717, 1.165) is 5.56 Å². The molecule has 6 heteroatoms. The summed E-state index contributed by atoms with van der Waals surface area (Å²) in [7, 11) is 1.50. The van der Waals surface area contributed by atoms with Crippen molar-refractivity contribution in [2.24, 2.45) is 0 Å². The predicted octanol–water partition coefficient (Wildman–Crippen LogP) is 4.50. The number of hydrogen-bond acceptors (Lipinski definition) is 5. The molecule has 0 radical (unpaired) electrons. The maximum Gasteiger partial charge on any atom is 0.294 e. The quantitative estimate of drug-likeness (QED) is 0.577. The van der Waals surface area contributed by atoms with Crippen LogP contribution in [0.25, 0.3) is 0 Å². The second-order valence-corrected chi connectivity index (χ2v) is 7.48. The van der Waals surface area contributed by atoms with Crippen LogP contribution >= 0.6 is 0 Å². The van der Waals surface area contributed by atoms with Crippen LogP contribution in [-0.4, -0.2) is 29.0 Å². The summed E-state index contributed by atoms with van der Waals surface area (Å²) in [5.41, 5.74) is 1.72. The van der Waals surface area contributed by atoms with Gasteiger partial charge in [0.1, 0.15) is 11.5 Å². The summed E-state index contributed by atoms with van der Waals surface area (Å²) in [6.07, 6.45) is 0.594. The lowest BCUT2D eigenvalue weighted by atomic mass is 9.92. The lowest BCUT2D eigenvalue weighted by Crippen LogP contribution is -2.31. The number of carbonyl (C=O) groups is 2. The van der Waals surface area contributed by atoms with Gasteiger partial charge in [-0.25, -0.2) is 0 Å². The molecular formula is C26H23NO5. The summed E-state index contributed by atoms with van der Waals surface area (Å²) in [4.78, 5) is 27.7. The number of phenols is 1. The average molecular weight is 429 g/mol. The van der Waals surface area contributed by atoms with Crippen molar-refractivity contribution in [2.45, 2.75) is 18.9 Å². The molecule has 3 aromatic rings. The zero-order valence-electron chi connectivity index (χ0n) is 17.6. The van der Waals surface area contributed by atoms with E-state index < -0.39 is 17.7 Å². The Bertz CT molecular complexity index is 1190. The van der Waals surface area contributed by atoms with E-state index in [1.807, 2.05) is 30.3 Å². The topological polar surface area (TPSA) is 87.1 Å². The number of para-hydroxylation sites is 3. The third-order valence-corrected chi connectivity index (χ3v) is 5.57. The number of phenolic OH excluding ortho intramolecular Hbond substituents is 1. The molecule has 1 heterocycles. The van der Waals surface area contributed by atoms with Gasteiger partial charge in [-0.05, 0) is 30.2 Å². The summed E-state index contributed by atoms with van der Waals surface area (Å²) in [6.45, 7) is 0. The molecule has 2 N–H and O–H groups in total. The smallest absolute Gasteiger partial charge is 0.294 e. The number of carbonyl (C=O) groups excluding carboxylic acids is 2. The van der Waals surface area contributed by atoms with Gasteiger partial charge in [0.2, 0.25) is 0 Å². The van der Waals surface area contributed by atoms with Crippen LogP contribution in [0, 0.1) is 0 Å². The van der Waals surface area contributed by atoms with E-state index in [9.17, 15) is 19.8 Å². The SMILES string of the molecule is COc1ccccc1C1C(C(=O)CCc2ccccc2)=C(O)C(=O)N1c1ccccc1O. The van der Waals surface area contributed by atoms with Crippen molar-refractivity contribution in [1.29, 1.82) is 0 Å². The maximum absolute atomic E-state index is 13.3. The lowest BCUT2D eigenvalue weighted by molar-refractivity contribution is -0.118. The molecule has 1 aliphatic rings. The molecule has 1 atom stereocenters. The molecule has 0 spiro atoms. The fraction of sp³-hybridized carbons (Fsp3) is 0.154. The van der Waals surface area contributed by atoms with E-state index in [2.05, 4.69) is 0 Å². The molecule has 0 fully saturated rings. The number of ether oxygens (including phenoxy) is 1. The van der Waals surface area contributed by atoms with Crippen LogP contribution in [-0.2, 0) is 16.0 Å². The minimum absolute atomic E-state index is 0.00122. The van der Waals surface area contributed by atoms with Gasteiger partial charge in [-0.15, -0.1) is 0 Å². The van der Waals surface area contributed by atoms with Crippen LogP contribution in [0.3, 0.4) is 0 Å². The zero-order valence-corrected chi connectivity index (χ0v) is 17.6. The number of aliphatic hydroxyl groups excluding tert-OH is 1. The average Bonchev–Trinajstić information content (AvgIpc) is 3.08. The number of methoxy groups -OCH3 is 1. The number of rotatable bonds is 7. The molecule has 162 valence electrons. The Labute approximate surface area is 186 Å². The number of aliphatic hydroxyl groups is 1. The number of Topliss-reactive ketones (excluding diaryl/α,β-unsaturated/α-hetero) is 1. The standard InChI is InChI=1S/C26H23NO5/c1-32-22-14-8-5-11-18(22)24-23(21(29)16-15-17-9-3-2-4-10-17)25(30)26(31)27(24)19-12-6-7-13-20(19)28/h2-14,24,28,30H,15-16H2,1H3. The minimum atomic E-state index is -0.935. The fourth-order valence-corrected chi connectivity index (χ4v) is 4.03. The van der Waals surface area contributed by atoms with Crippen molar-refractivity contribution in [3.05, 3.63) is 101 Å². The van der Waals surface area contributed by atoms with Crippen LogP contribution in [0.15, 0.2) is 90.2 Å². The van der Waals surface area contributed by atoms with Gasteiger partial charge < -0.3 is 14.9 Å². The van der Waals surface area contributed by atoms with Gasteiger partial charge in [0, 0.05) is 12.0 Å². The molecule has 0 saturated carbocycles. The predicted molar refractivity (Wildman–Crippen MR) is 121 cm³/mol. The zero-order chi connectivity index (χ0) is 22.7. The first-order valence-corrected chi connectivity index (χ1v) is 10.3. The largest absolute Gasteiger partial charge is 0.506 e. The van der Waals surface area contributed by atoms with Crippen molar-refractivity contribution in [1.82, 2.24) is 0 Å². The van der Waals surface area contributed by atoms with Gasteiger partial charge in [-0.3, -0.25) is 14.5 Å². The summed E-state index contributed by atoms with van der Waals surface area (Å²) in [6, 6.07) is 22.0. The molecule has 1 unspecified atom stereocenters. The van der Waals surface area contributed by atoms with Gasteiger partial charge in [0.25, 0.3) is 5.91 Å². The molecule has 3 aromatic carbocycles. The molecule has 1 amide bonds. The second-order valence-electron chi connectivity index (χ2n) is 7.48. The normalized spacial score (nSPS) is 15.8. The number of amides is 1. The Balaban J connectivity index is 1.78. The van der Waals surface area contributed by atoms with Gasteiger partial charge in [0.15, 0.2) is 11.5 Å². The summed E-state index contributed by atoms with van der Waals surface area (Å²) in [5.74, 6) is -1.36. The van der Waals surface area contributed by atoms with Crippen molar-refractivity contribution in [2.75, 3.05) is 12.0 Å². The third-order valence-electron chi connectivity index (χ3n) is 5.57. The number of aryl methyl sites for hydroxylation is 1. The number of nitrogens with zero attached hydrogens (tertiary/aromatic N) is 1. The highest BCUT2D eigenvalue weighted by Gasteiger charge is 2.45. The number of benzene rings is 3. The Kier molecular flexibility index (Phi) is 5.94. The first-order chi connectivity index (χ1) is 15.5. The fourth-order valence-electron chi connectivity index (χ4n) is 4.03. The van der Waals surface area contributed by atoms with Gasteiger partial charge in [-0.2, -0.15) is 0 Å². The summed E-state index contributed by atoms with van der Waals surface area (Å²) < 4.78 is 5.48. The third kappa shape index (κ3) is 3.83. The van der Waals surface area contributed by atoms with Crippen molar-refractivity contribution < 1.29 is 24.5 Å². The van der Waals surface area contributed by atoms with Crippen LogP contribution in [0.2, 0.25) is 0 Å². The van der Waals surface area contributed by atoms with Gasteiger partial charge >= 0.3 is 0 Å². The van der Waals surface area contributed by atoms with Crippen molar-refractivity contribution in [3.63, 3.8) is 0 Å². The van der Waals surface area contributed by atoms with Crippen molar-refractivity contribution >= 4 is 17.4 Å². The van der Waals surface area contributed by atoms with Crippen LogP contribution < -0.4 is 9.64 Å². The number of anilines is 1.